The molecule has 0 aliphatic carbocycles. The Kier molecular flexibility index (Phi) is 7.66. The molecular weight excluding hydrogens is 458 g/mol. The Morgan fingerprint density at radius 3 is 2.39 bits per heavy atom. The van der Waals surface area contributed by atoms with Crippen molar-refractivity contribution in [3.05, 3.63) is 71.8 Å². The number of aromatic nitrogens is 1. The number of anilines is 1. The monoisotopic (exact) mass is 485 g/mol. The third kappa shape index (κ3) is 5.73. The number of para-hydroxylation sites is 1. The summed E-state index contributed by atoms with van der Waals surface area (Å²) in [4.78, 5) is 29.6. The molecule has 2 amide bonds. The first-order valence-electron chi connectivity index (χ1n) is 11.6. The molecule has 1 aliphatic rings. The van der Waals surface area contributed by atoms with Crippen molar-refractivity contribution in [1.82, 2.24) is 4.98 Å². The van der Waals surface area contributed by atoms with Crippen molar-refractivity contribution >= 4 is 17.5 Å². The average molecular weight is 486 g/mol. The predicted octanol–water partition coefficient (Wildman–Crippen LogP) is 2.77. The lowest BCUT2D eigenvalue weighted by atomic mass is 9.95. The van der Waals surface area contributed by atoms with Crippen LogP contribution in [0.3, 0.4) is 0 Å². The molecule has 184 valence electrons. The van der Waals surface area contributed by atoms with Gasteiger partial charge in [0.05, 0.1) is 11.4 Å². The maximum atomic E-state index is 11.6. The SMILES string of the molecule is N#Cc1c(N2CCC(C(N)=O)CC2)cc(-c2ccccc2OCc2ccccc2)nc1OCC(N)=O. The number of carbonyl (C=O) groups is 2. The zero-order valence-corrected chi connectivity index (χ0v) is 19.7. The fourth-order valence-electron chi connectivity index (χ4n) is 4.19. The van der Waals surface area contributed by atoms with Gasteiger partial charge in [-0.2, -0.15) is 5.26 Å². The Hall–Kier alpha value is -4.58. The van der Waals surface area contributed by atoms with Crippen LogP contribution < -0.4 is 25.8 Å². The summed E-state index contributed by atoms with van der Waals surface area (Å²) >= 11 is 0. The number of nitriles is 1. The molecule has 9 nitrogen and oxygen atoms in total. The molecule has 1 aromatic heterocycles. The third-order valence-corrected chi connectivity index (χ3v) is 6.07. The fraction of sp³-hybridized carbons (Fsp3) is 0.259. The maximum absolute atomic E-state index is 11.6. The van der Waals surface area contributed by atoms with E-state index >= 15 is 0 Å². The van der Waals surface area contributed by atoms with Crippen LogP contribution in [0, 0.1) is 17.2 Å². The van der Waals surface area contributed by atoms with E-state index in [9.17, 15) is 14.9 Å². The minimum absolute atomic E-state index is 0.0127. The number of carbonyl (C=O) groups excluding carboxylic acids is 2. The molecule has 0 atom stereocenters. The molecule has 2 heterocycles. The van der Waals surface area contributed by atoms with Gasteiger partial charge in [-0.1, -0.05) is 42.5 Å². The van der Waals surface area contributed by atoms with Crippen molar-refractivity contribution < 1.29 is 19.1 Å². The van der Waals surface area contributed by atoms with Crippen molar-refractivity contribution in [2.24, 2.45) is 17.4 Å². The second-order valence-corrected chi connectivity index (χ2v) is 8.51. The number of nitrogens with two attached hydrogens (primary N) is 2. The van der Waals surface area contributed by atoms with E-state index in [2.05, 4.69) is 11.1 Å². The van der Waals surface area contributed by atoms with E-state index in [1.807, 2.05) is 65.6 Å². The van der Waals surface area contributed by atoms with Crippen LogP contribution >= 0.6 is 0 Å². The van der Waals surface area contributed by atoms with Crippen molar-refractivity contribution in [3.63, 3.8) is 0 Å². The van der Waals surface area contributed by atoms with Crippen LogP contribution in [0.4, 0.5) is 5.69 Å². The van der Waals surface area contributed by atoms with Crippen LogP contribution in [-0.4, -0.2) is 36.5 Å². The van der Waals surface area contributed by atoms with Gasteiger partial charge in [-0.3, -0.25) is 9.59 Å². The van der Waals surface area contributed by atoms with Gasteiger partial charge >= 0.3 is 0 Å². The summed E-state index contributed by atoms with van der Waals surface area (Å²) in [5, 5.41) is 9.95. The first kappa shape index (κ1) is 24.5. The summed E-state index contributed by atoms with van der Waals surface area (Å²) in [6, 6.07) is 21.2. The molecule has 0 bridgehead atoms. The molecule has 0 unspecified atom stereocenters. The van der Waals surface area contributed by atoms with E-state index in [-0.39, 0.29) is 23.3 Å². The number of rotatable bonds is 9. The highest BCUT2D eigenvalue weighted by Crippen LogP contribution is 2.37. The second-order valence-electron chi connectivity index (χ2n) is 8.51. The Labute approximate surface area is 209 Å². The molecule has 4 N–H and O–H groups in total. The van der Waals surface area contributed by atoms with Gasteiger partial charge in [0, 0.05) is 24.6 Å². The van der Waals surface area contributed by atoms with Gasteiger partial charge in [-0.15, -0.1) is 0 Å². The molecule has 0 radical (unpaired) electrons. The molecule has 1 aliphatic heterocycles. The lowest BCUT2D eigenvalue weighted by Crippen LogP contribution is -2.39. The molecule has 3 aromatic rings. The van der Waals surface area contributed by atoms with Gasteiger partial charge in [0.25, 0.3) is 5.91 Å². The highest BCUT2D eigenvalue weighted by atomic mass is 16.5. The smallest absolute Gasteiger partial charge is 0.255 e. The Morgan fingerprint density at radius 1 is 1.03 bits per heavy atom. The highest BCUT2D eigenvalue weighted by molar-refractivity contribution is 5.79. The van der Waals surface area contributed by atoms with Crippen LogP contribution in [0.25, 0.3) is 11.3 Å². The number of hydrogen-bond donors (Lipinski definition) is 2. The summed E-state index contributed by atoms with van der Waals surface area (Å²) in [5.41, 5.74) is 13.8. The van der Waals surface area contributed by atoms with Gasteiger partial charge in [0.2, 0.25) is 11.8 Å². The van der Waals surface area contributed by atoms with Crippen molar-refractivity contribution in [2.45, 2.75) is 19.4 Å². The molecule has 1 saturated heterocycles. The van der Waals surface area contributed by atoms with Gasteiger partial charge in [-0.25, -0.2) is 4.98 Å². The van der Waals surface area contributed by atoms with Crippen LogP contribution in [0.15, 0.2) is 60.7 Å². The lowest BCUT2D eigenvalue weighted by molar-refractivity contribution is -0.122. The van der Waals surface area contributed by atoms with Gasteiger partial charge in [-0.05, 0) is 36.6 Å². The molecule has 36 heavy (non-hydrogen) atoms. The van der Waals surface area contributed by atoms with E-state index in [1.165, 1.54) is 0 Å². The van der Waals surface area contributed by atoms with Gasteiger partial charge in [0.15, 0.2) is 6.61 Å². The molecule has 4 rings (SSSR count). The first-order chi connectivity index (χ1) is 17.5. The minimum atomic E-state index is -0.679. The number of ether oxygens (including phenoxy) is 2. The standard InChI is InChI=1S/C27H27N5O4/c28-15-21-23(32-12-10-19(11-13-32)26(30)34)14-22(31-27(21)36-17-25(29)33)20-8-4-5-9-24(20)35-16-18-6-2-1-3-7-18/h1-9,14,19H,10-13,16-17H2,(H2,29,33)(H2,30,34). The fourth-order valence-corrected chi connectivity index (χ4v) is 4.19. The number of benzene rings is 2. The molecule has 0 saturated carbocycles. The summed E-state index contributed by atoms with van der Waals surface area (Å²) in [7, 11) is 0. The topological polar surface area (TPSA) is 145 Å². The number of pyridine rings is 1. The van der Waals surface area contributed by atoms with Crippen LogP contribution in [0.1, 0.15) is 24.0 Å². The van der Waals surface area contributed by atoms with Crippen molar-refractivity contribution in [3.8, 4) is 29.0 Å². The minimum Gasteiger partial charge on any atom is -0.488 e. The van der Waals surface area contributed by atoms with Crippen LogP contribution in [0.5, 0.6) is 11.6 Å². The van der Waals surface area contributed by atoms with Gasteiger partial charge < -0.3 is 25.8 Å². The van der Waals surface area contributed by atoms with E-state index in [4.69, 9.17) is 20.9 Å². The molecular formula is C27H27N5O4. The Morgan fingerprint density at radius 2 is 1.72 bits per heavy atom. The number of primary amides is 2. The number of hydrogen-bond acceptors (Lipinski definition) is 7. The van der Waals surface area contributed by atoms with E-state index in [0.717, 1.165) is 5.56 Å². The van der Waals surface area contributed by atoms with Crippen LogP contribution in [-0.2, 0) is 16.2 Å². The summed E-state index contributed by atoms with van der Waals surface area (Å²) in [6.07, 6.45) is 1.15. The molecule has 9 heteroatoms. The summed E-state index contributed by atoms with van der Waals surface area (Å²) < 4.78 is 11.7. The molecule has 1 fully saturated rings. The van der Waals surface area contributed by atoms with Crippen molar-refractivity contribution in [1.29, 1.82) is 5.26 Å². The van der Waals surface area contributed by atoms with E-state index in [0.29, 0.717) is 55.2 Å². The Bertz CT molecular complexity index is 1280. The molecule has 2 aromatic carbocycles. The maximum Gasteiger partial charge on any atom is 0.255 e. The zero-order valence-electron chi connectivity index (χ0n) is 19.7. The van der Waals surface area contributed by atoms with E-state index < -0.39 is 12.5 Å². The normalized spacial score (nSPS) is 13.6. The number of amides is 2. The summed E-state index contributed by atoms with van der Waals surface area (Å²) in [6.45, 7) is 1.02. The predicted molar refractivity (Wildman–Crippen MR) is 134 cm³/mol. The van der Waals surface area contributed by atoms with Gasteiger partial charge in [0.1, 0.15) is 24.0 Å². The zero-order chi connectivity index (χ0) is 25.5. The molecule has 0 spiro atoms. The third-order valence-electron chi connectivity index (χ3n) is 6.07. The number of nitrogens with zero attached hydrogens (tertiary/aromatic N) is 3. The van der Waals surface area contributed by atoms with Crippen LogP contribution in [0.2, 0.25) is 0 Å². The van der Waals surface area contributed by atoms with Crippen molar-refractivity contribution in [2.75, 3.05) is 24.6 Å². The lowest BCUT2D eigenvalue weighted by Gasteiger charge is -2.33. The first-order valence-corrected chi connectivity index (χ1v) is 11.6. The number of piperidine rings is 1. The average Bonchev–Trinajstić information content (AvgIpc) is 2.91. The quantitative estimate of drug-likeness (QED) is 0.474. The Balaban J connectivity index is 1.72. The second kappa shape index (κ2) is 11.2. The highest BCUT2D eigenvalue weighted by Gasteiger charge is 2.27. The van der Waals surface area contributed by atoms with E-state index in [1.54, 1.807) is 0 Å². The largest absolute Gasteiger partial charge is 0.488 e. The summed E-state index contributed by atoms with van der Waals surface area (Å²) in [5.74, 6) is -0.579.